The van der Waals surface area contributed by atoms with Crippen molar-refractivity contribution in [2.75, 3.05) is 5.75 Å². The minimum absolute atomic E-state index is 0.0661. The van der Waals surface area contributed by atoms with Crippen molar-refractivity contribution in [3.05, 3.63) is 71.4 Å². The summed E-state index contributed by atoms with van der Waals surface area (Å²) in [6.45, 7) is 0. The molecular weight excluding hydrogens is 390 g/mol. The van der Waals surface area contributed by atoms with Crippen LogP contribution in [-0.4, -0.2) is 21.2 Å². The molecule has 0 aliphatic heterocycles. The van der Waals surface area contributed by atoms with Crippen molar-refractivity contribution in [1.29, 1.82) is 5.26 Å². The van der Waals surface area contributed by atoms with Crippen LogP contribution in [0.4, 0.5) is 0 Å². The molecule has 0 bridgehead atoms. The number of pyridine rings is 1. The fourth-order valence-electron chi connectivity index (χ4n) is 4.34. The fraction of sp³-hybridized carbons (Fsp3) is 0.240. The van der Waals surface area contributed by atoms with Crippen molar-refractivity contribution in [3.8, 4) is 6.07 Å². The molecule has 1 aliphatic carbocycles. The largest absolute Gasteiger partial charge is 0.280 e. The summed E-state index contributed by atoms with van der Waals surface area (Å²) in [5.74, 6) is 0.663. The summed E-state index contributed by atoms with van der Waals surface area (Å²) in [5.41, 5.74) is 4.85. The normalized spacial score (nSPS) is 13.3. The molecule has 2 heterocycles. The van der Waals surface area contributed by atoms with Gasteiger partial charge in [0.15, 0.2) is 0 Å². The molecule has 2 aromatic heterocycles. The van der Waals surface area contributed by atoms with Gasteiger partial charge in [-0.3, -0.25) is 9.36 Å². The predicted molar refractivity (Wildman–Crippen MR) is 121 cm³/mol. The van der Waals surface area contributed by atoms with Crippen LogP contribution in [0.15, 0.2) is 59.6 Å². The Hall–Kier alpha value is -3.10. The highest BCUT2D eigenvalue weighted by atomic mass is 32.2. The third-order valence-corrected chi connectivity index (χ3v) is 6.76. The van der Waals surface area contributed by atoms with Gasteiger partial charge in [0.2, 0.25) is 5.91 Å². The monoisotopic (exact) mass is 411 g/mol. The van der Waals surface area contributed by atoms with Crippen molar-refractivity contribution >= 4 is 39.5 Å². The maximum absolute atomic E-state index is 13.2. The number of fused-ring (bicyclic) bond motifs is 4. The maximum atomic E-state index is 13.2. The van der Waals surface area contributed by atoms with Gasteiger partial charge in [-0.1, -0.05) is 36.4 Å². The summed E-state index contributed by atoms with van der Waals surface area (Å²) in [5, 5.41) is 12.5. The molecule has 4 aromatic rings. The summed E-state index contributed by atoms with van der Waals surface area (Å²) >= 11 is 1.51. The van der Waals surface area contributed by atoms with Gasteiger partial charge in [-0.2, -0.15) is 5.26 Å². The van der Waals surface area contributed by atoms with Crippen LogP contribution in [0.1, 0.15) is 40.9 Å². The highest BCUT2D eigenvalue weighted by Crippen LogP contribution is 2.30. The summed E-state index contributed by atoms with van der Waals surface area (Å²) in [6, 6.07) is 20.4. The average Bonchev–Trinajstić information content (AvgIpc) is 3.13. The van der Waals surface area contributed by atoms with Gasteiger partial charge >= 0.3 is 0 Å². The van der Waals surface area contributed by atoms with E-state index in [0.29, 0.717) is 17.7 Å². The maximum Gasteiger partial charge on any atom is 0.232 e. The Bertz CT molecular complexity index is 1260. The molecule has 30 heavy (non-hydrogen) atoms. The van der Waals surface area contributed by atoms with Crippen LogP contribution in [-0.2, 0) is 12.8 Å². The van der Waals surface area contributed by atoms with Crippen LogP contribution in [0, 0.1) is 11.3 Å². The Kier molecular flexibility index (Phi) is 5.02. The van der Waals surface area contributed by atoms with Gasteiger partial charge in [-0.15, -0.1) is 11.8 Å². The molecule has 5 heteroatoms. The van der Waals surface area contributed by atoms with Crippen LogP contribution in [0.2, 0.25) is 0 Å². The number of aryl methyl sites for hydroxylation is 2. The van der Waals surface area contributed by atoms with Crippen molar-refractivity contribution in [3.63, 3.8) is 0 Å². The first-order valence-electron chi connectivity index (χ1n) is 10.3. The first-order chi connectivity index (χ1) is 14.8. The van der Waals surface area contributed by atoms with Gasteiger partial charge in [0, 0.05) is 28.6 Å². The molecule has 0 N–H and O–H groups in total. The Balaban J connectivity index is 1.39. The lowest BCUT2D eigenvalue weighted by molar-refractivity contribution is 0.0920. The quantitative estimate of drug-likeness (QED) is 0.401. The van der Waals surface area contributed by atoms with Crippen LogP contribution >= 0.6 is 11.8 Å². The molecule has 0 atom stereocenters. The van der Waals surface area contributed by atoms with E-state index in [-0.39, 0.29) is 5.91 Å². The molecule has 148 valence electrons. The van der Waals surface area contributed by atoms with E-state index < -0.39 is 0 Å². The number of para-hydroxylation sites is 2. The van der Waals surface area contributed by atoms with E-state index >= 15 is 0 Å². The Morgan fingerprint density at radius 2 is 1.70 bits per heavy atom. The molecule has 1 aliphatic rings. The molecule has 0 saturated carbocycles. The number of nitriles is 1. The highest BCUT2D eigenvalue weighted by Gasteiger charge is 2.18. The van der Waals surface area contributed by atoms with E-state index in [1.54, 1.807) is 0 Å². The molecule has 0 spiro atoms. The zero-order valence-corrected chi connectivity index (χ0v) is 17.4. The van der Waals surface area contributed by atoms with Crippen LogP contribution in [0.5, 0.6) is 0 Å². The molecule has 4 nitrogen and oxygen atoms in total. The number of carbonyl (C=O) groups excluding carboxylic acids is 1. The number of carbonyl (C=O) groups is 1. The Labute approximate surface area is 179 Å². The second kappa shape index (κ2) is 7.97. The number of nitrogens with zero attached hydrogens (tertiary/aromatic N) is 3. The number of benzene rings is 2. The SMILES string of the molecule is N#Cc1cc2c(nc1SCCC(=O)n1c3ccccc3c3ccccc31)CCCC2. The van der Waals surface area contributed by atoms with Gasteiger partial charge < -0.3 is 0 Å². The third-order valence-electron chi connectivity index (χ3n) is 5.77. The van der Waals surface area contributed by atoms with Gasteiger partial charge in [-0.25, -0.2) is 4.98 Å². The van der Waals surface area contributed by atoms with Crippen LogP contribution in [0.3, 0.4) is 0 Å². The van der Waals surface area contributed by atoms with Crippen molar-refractivity contribution in [1.82, 2.24) is 9.55 Å². The molecule has 0 amide bonds. The molecule has 0 radical (unpaired) electrons. The van der Waals surface area contributed by atoms with Gasteiger partial charge in [0.05, 0.1) is 16.6 Å². The third kappa shape index (κ3) is 3.28. The second-order valence-corrected chi connectivity index (χ2v) is 8.71. The van der Waals surface area contributed by atoms with Crippen molar-refractivity contribution in [2.24, 2.45) is 0 Å². The topological polar surface area (TPSA) is 58.7 Å². The number of rotatable bonds is 4. The average molecular weight is 412 g/mol. The fourth-order valence-corrected chi connectivity index (χ4v) is 5.25. The number of hydrogen-bond acceptors (Lipinski definition) is 4. The van der Waals surface area contributed by atoms with Gasteiger partial charge in [0.25, 0.3) is 0 Å². The van der Waals surface area contributed by atoms with E-state index in [1.807, 2.05) is 47.0 Å². The van der Waals surface area contributed by atoms with E-state index in [9.17, 15) is 10.1 Å². The number of thioether (sulfide) groups is 1. The second-order valence-electron chi connectivity index (χ2n) is 7.63. The van der Waals surface area contributed by atoms with E-state index in [2.05, 4.69) is 18.2 Å². The minimum atomic E-state index is 0.0661. The van der Waals surface area contributed by atoms with Crippen molar-refractivity contribution in [2.45, 2.75) is 37.1 Å². The lowest BCUT2D eigenvalue weighted by Gasteiger charge is -2.16. The zero-order chi connectivity index (χ0) is 20.5. The molecule has 0 saturated heterocycles. The summed E-state index contributed by atoms with van der Waals surface area (Å²) in [4.78, 5) is 17.9. The lowest BCUT2D eigenvalue weighted by Crippen LogP contribution is -2.11. The molecule has 0 fully saturated rings. The first kappa shape index (κ1) is 18.9. The summed E-state index contributed by atoms with van der Waals surface area (Å²) in [6.07, 6.45) is 4.70. The van der Waals surface area contributed by atoms with E-state index in [0.717, 1.165) is 51.8 Å². The molecule has 5 rings (SSSR count). The van der Waals surface area contributed by atoms with Crippen LogP contribution < -0.4 is 0 Å². The number of aromatic nitrogens is 2. The Morgan fingerprint density at radius 3 is 2.40 bits per heavy atom. The standard InChI is InChI=1S/C25H21N3OS/c26-16-18-15-17-7-1-4-10-21(17)27-25(18)30-14-13-24(29)28-22-11-5-2-8-19(22)20-9-3-6-12-23(20)28/h2-3,5-6,8-9,11-12,15H,1,4,7,10,13-14H2. The highest BCUT2D eigenvalue weighted by molar-refractivity contribution is 7.99. The molecular formula is C25H21N3OS. The van der Waals surface area contributed by atoms with Crippen LogP contribution in [0.25, 0.3) is 21.8 Å². The van der Waals surface area contributed by atoms with Crippen molar-refractivity contribution < 1.29 is 4.79 Å². The minimum Gasteiger partial charge on any atom is -0.280 e. The lowest BCUT2D eigenvalue weighted by atomic mass is 9.95. The molecule has 0 unspecified atom stereocenters. The van der Waals surface area contributed by atoms with Gasteiger partial charge in [-0.05, 0) is 49.4 Å². The number of hydrogen-bond donors (Lipinski definition) is 0. The Morgan fingerprint density at radius 1 is 1.03 bits per heavy atom. The smallest absolute Gasteiger partial charge is 0.232 e. The molecule has 2 aromatic carbocycles. The zero-order valence-electron chi connectivity index (χ0n) is 16.6. The van der Waals surface area contributed by atoms with Gasteiger partial charge in [0.1, 0.15) is 11.1 Å². The van der Waals surface area contributed by atoms with E-state index in [1.165, 1.54) is 23.7 Å². The predicted octanol–water partition coefficient (Wildman–Crippen LogP) is 5.76. The van der Waals surface area contributed by atoms with E-state index in [4.69, 9.17) is 4.98 Å². The summed E-state index contributed by atoms with van der Waals surface area (Å²) < 4.78 is 1.83. The first-order valence-corrected chi connectivity index (χ1v) is 11.3. The summed E-state index contributed by atoms with van der Waals surface area (Å²) in [7, 11) is 0.